The van der Waals surface area contributed by atoms with Crippen molar-refractivity contribution in [1.82, 2.24) is 9.55 Å². The monoisotopic (exact) mass is 392 g/mol. The molecule has 140 valence electrons. The lowest BCUT2D eigenvalue weighted by atomic mass is 9.95. The molecule has 0 N–H and O–H groups in total. The molecule has 0 aliphatic heterocycles. The Morgan fingerprint density at radius 2 is 2.08 bits per heavy atom. The van der Waals surface area contributed by atoms with Crippen molar-refractivity contribution in [2.75, 3.05) is 12.4 Å². The number of ether oxygens (including phenoxy) is 1. The van der Waals surface area contributed by atoms with E-state index in [2.05, 4.69) is 0 Å². The number of aromatic nitrogens is 2. The minimum atomic E-state index is -0.254. The molecule has 2 aliphatic carbocycles. The van der Waals surface area contributed by atoms with Crippen LogP contribution in [0.15, 0.2) is 9.95 Å². The lowest BCUT2D eigenvalue weighted by Crippen LogP contribution is -2.29. The van der Waals surface area contributed by atoms with Gasteiger partial charge in [0.05, 0.1) is 17.7 Å². The SMILES string of the molecule is CCOC(=O)CSc1nc2sc3c(c2c(=O)n1C1CCCCC1)CCC3. The van der Waals surface area contributed by atoms with E-state index in [1.165, 1.54) is 28.6 Å². The summed E-state index contributed by atoms with van der Waals surface area (Å²) < 4.78 is 6.94. The van der Waals surface area contributed by atoms with Crippen molar-refractivity contribution in [2.45, 2.75) is 69.5 Å². The molecule has 26 heavy (non-hydrogen) atoms. The maximum absolute atomic E-state index is 13.4. The first-order chi connectivity index (χ1) is 12.7. The topological polar surface area (TPSA) is 61.2 Å². The zero-order valence-electron chi connectivity index (χ0n) is 15.1. The van der Waals surface area contributed by atoms with Gasteiger partial charge >= 0.3 is 5.97 Å². The van der Waals surface area contributed by atoms with E-state index in [9.17, 15) is 9.59 Å². The summed E-state index contributed by atoms with van der Waals surface area (Å²) in [7, 11) is 0. The second kappa shape index (κ2) is 7.72. The Balaban J connectivity index is 1.77. The summed E-state index contributed by atoms with van der Waals surface area (Å²) in [5.74, 6) is -0.0560. The van der Waals surface area contributed by atoms with E-state index in [0.29, 0.717) is 11.8 Å². The van der Waals surface area contributed by atoms with E-state index in [4.69, 9.17) is 9.72 Å². The minimum Gasteiger partial charge on any atom is -0.465 e. The Hall–Kier alpha value is -1.34. The van der Waals surface area contributed by atoms with E-state index in [-0.39, 0.29) is 23.3 Å². The van der Waals surface area contributed by atoms with E-state index in [0.717, 1.165) is 55.2 Å². The fourth-order valence-corrected chi connectivity index (χ4v) is 6.29. The Morgan fingerprint density at radius 1 is 1.27 bits per heavy atom. The van der Waals surface area contributed by atoms with E-state index in [1.54, 1.807) is 18.3 Å². The van der Waals surface area contributed by atoms with Crippen LogP contribution in [0, 0.1) is 0 Å². The fourth-order valence-electron chi connectivity index (χ4n) is 4.13. The summed E-state index contributed by atoms with van der Waals surface area (Å²) in [6, 6.07) is 0.204. The van der Waals surface area contributed by atoms with E-state index in [1.807, 2.05) is 4.57 Å². The van der Waals surface area contributed by atoms with Gasteiger partial charge in [-0.1, -0.05) is 31.0 Å². The van der Waals surface area contributed by atoms with Gasteiger partial charge in [0.2, 0.25) is 0 Å². The fraction of sp³-hybridized carbons (Fsp3) is 0.632. The highest BCUT2D eigenvalue weighted by atomic mass is 32.2. The van der Waals surface area contributed by atoms with E-state index < -0.39 is 0 Å². The third kappa shape index (κ3) is 3.31. The van der Waals surface area contributed by atoms with Gasteiger partial charge in [0.1, 0.15) is 4.83 Å². The molecule has 1 saturated carbocycles. The molecule has 0 aromatic carbocycles. The van der Waals surface area contributed by atoms with Crippen molar-refractivity contribution in [3.63, 3.8) is 0 Å². The number of esters is 1. The molecule has 2 aliphatic rings. The van der Waals surface area contributed by atoms with Gasteiger partial charge < -0.3 is 4.74 Å². The number of thiophene rings is 1. The predicted molar refractivity (Wildman–Crippen MR) is 105 cm³/mol. The molecule has 0 amide bonds. The van der Waals surface area contributed by atoms with Crippen molar-refractivity contribution in [2.24, 2.45) is 0 Å². The van der Waals surface area contributed by atoms with Gasteiger partial charge in [-0.25, -0.2) is 4.98 Å². The molecule has 2 aromatic heterocycles. The van der Waals surface area contributed by atoms with Crippen LogP contribution in [0.5, 0.6) is 0 Å². The third-order valence-corrected chi connectivity index (χ3v) is 7.41. The number of thioether (sulfide) groups is 1. The molecule has 2 heterocycles. The maximum Gasteiger partial charge on any atom is 0.316 e. The zero-order chi connectivity index (χ0) is 18.1. The van der Waals surface area contributed by atoms with Crippen LogP contribution in [-0.4, -0.2) is 27.9 Å². The Labute approximate surface area is 161 Å². The zero-order valence-corrected chi connectivity index (χ0v) is 16.7. The molecule has 0 bridgehead atoms. The van der Waals surface area contributed by atoms with Crippen molar-refractivity contribution in [3.8, 4) is 0 Å². The first-order valence-electron chi connectivity index (χ1n) is 9.54. The number of hydrogen-bond acceptors (Lipinski definition) is 6. The number of rotatable bonds is 5. The molecule has 5 nitrogen and oxygen atoms in total. The standard InChI is InChI=1S/C19H24N2O3S2/c1-2-24-15(22)11-25-19-20-17-16(13-9-6-10-14(13)26-17)18(23)21(19)12-7-4-3-5-8-12/h12H,2-11H2,1H3. The van der Waals surface area contributed by atoms with Crippen molar-refractivity contribution >= 4 is 39.3 Å². The van der Waals surface area contributed by atoms with Crippen LogP contribution in [0.2, 0.25) is 0 Å². The minimum absolute atomic E-state index is 0.104. The van der Waals surface area contributed by atoms with Crippen LogP contribution in [-0.2, 0) is 22.4 Å². The molecule has 0 atom stereocenters. The average molecular weight is 393 g/mol. The highest BCUT2D eigenvalue weighted by Gasteiger charge is 2.27. The molecular weight excluding hydrogens is 368 g/mol. The molecule has 0 radical (unpaired) electrons. The second-order valence-corrected chi connectivity index (χ2v) is 9.02. The smallest absolute Gasteiger partial charge is 0.316 e. The van der Waals surface area contributed by atoms with Gasteiger partial charge in [0.25, 0.3) is 5.56 Å². The van der Waals surface area contributed by atoms with Gasteiger partial charge in [-0.15, -0.1) is 11.3 Å². The Bertz CT molecular complexity index is 881. The summed E-state index contributed by atoms with van der Waals surface area (Å²) in [5, 5.41) is 1.52. The Kier molecular flexibility index (Phi) is 5.36. The molecule has 1 fully saturated rings. The van der Waals surface area contributed by atoms with Crippen molar-refractivity contribution in [1.29, 1.82) is 0 Å². The number of aryl methyl sites for hydroxylation is 2. The molecule has 4 rings (SSSR count). The highest BCUT2D eigenvalue weighted by molar-refractivity contribution is 7.99. The first kappa shape index (κ1) is 18.0. The quantitative estimate of drug-likeness (QED) is 0.435. The van der Waals surface area contributed by atoms with Gasteiger partial charge in [0.15, 0.2) is 5.16 Å². The molecular formula is C19H24N2O3S2. The number of nitrogens with zero attached hydrogens (tertiary/aromatic N) is 2. The second-order valence-electron chi connectivity index (χ2n) is 6.99. The Morgan fingerprint density at radius 3 is 2.85 bits per heavy atom. The van der Waals surface area contributed by atoms with Crippen molar-refractivity contribution < 1.29 is 9.53 Å². The summed E-state index contributed by atoms with van der Waals surface area (Å²) in [6.45, 7) is 2.18. The lowest BCUT2D eigenvalue weighted by Gasteiger charge is -2.25. The predicted octanol–water partition coefficient (Wildman–Crippen LogP) is 4.11. The van der Waals surface area contributed by atoms with Gasteiger partial charge in [-0.05, 0) is 44.6 Å². The molecule has 0 spiro atoms. The maximum atomic E-state index is 13.4. The summed E-state index contributed by atoms with van der Waals surface area (Å²) in [5.41, 5.74) is 1.33. The summed E-state index contributed by atoms with van der Waals surface area (Å²) in [4.78, 5) is 32.3. The van der Waals surface area contributed by atoms with Crippen LogP contribution >= 0.6 is 23.1 Å². The normalized spacial score (nSPS) is 17.6. The van der Waals surface area contributed by atoms with Gasteiger partial charge in [-0.3, -0.25) is 14.2 Å². The van der Waals surface area contributed by atoms with Crippen LogP contribution in [0.4, 0.5) is 0 Å². The van der Waals surface area contributed by atoms with Crippen molar-refractivity contribution in [3.05, 3.63) is 20.8 Å². The average Bonchev–Trinajstić information content (AvgIpc) is 3.21. The molecule has 0 saturated heterocycles. The number of carbonyl (C=O) groups is 1. The third-order valence-electron chi connectivity index (χ3n) is 5.30. The summed E-state index contributed by atoms with van der Waals surface area (Å²) >= 11 is 3.00. The van der Waals surface area contributed by atoms with Crippen LogP contribution in [0.25, 0.3) is 10.2 Å². The largest absolute Gasteiger partial charge is 0.465 e. The molecule has 2 aromatic rings. The van der Waals surface area contributed by atoms with E-state index >= 15 is 0 Å². The molecule has 0 unspecified atom stereocenters. The van der Waals surface area contributed by atoms with Gasteiger partial charge in [0, 0.05) is 10.9 Å². The van der Waals surface area contributed by atoms with Crippen LogP contribution < -0.4 is 5.56 Å². The summed E-state index contributed by atoms with van der Waals surface area (Å²) in [6.07, 6.45) is 8.77. The number of carbonyl (C=O) groups excluding carboxylic acids is 1. The van der Waals surface area contributed by atoms with Crippen LogP contribution in [0.1, 0.15) is 61.9 Å². The van der Waals surface area contributed by atoms with Crippen LogP contribution in [0.3, 0.4) is 0 Å². The highest BCUT2D eigenvalue weighted by Crippen LogP contribution is 2.37. The van der Waals surface area contributed by atoms with Gasteiger partial charge in [-0.2, -0.15) is 0 Å². The number of fused-ring (bicyclic) bond motifs is 3. The lowest BCUT2D eigenvalue weighted by molar-refractivity contribution is -0.139. The first-order valence-corrected chi connectivity index (χ1v) is 11.3. The number of hydrogen-bond donors (Lipinski definition) is 0. The molecule has 7 heteroatoms.